The molecule has 4 rings (SSSR count). The van der Waals surface area contributed by atoms with Crippen LogP contribution in [-0.4, -0.2) is 41.7 Å². The Labute approximate surface area is 174 Å². The highest BCUT2D eigenvalue weighted by molar-refractivity contribution is 7.94. The summed E-state index contributed by atoms with van der Waals surface area (Å²) in [5.74, 6) is -0.456. The van der Waals surface area contributed by atoms with E-state index in [1.54, 1.807) is 26.0 Å². The van der Waals surface area contributed by atoms with Crippen molar-refractivity contribution in [3.8, 4) is 11.5 Å². The number of carbonyl (C=O) groups excluding carboxylic acids is 1. The highest BCUT2D eigenvalue weighted by Gasteiger charge is 2.42. The molecule has 30 heavy (non-hydrogen) atoms. The Balaban J connectivity index is 1.63. The largest absolute Gasteiger partial charge is 0.486 e. The van der Waals surface area contributed by atoms with E-state index >= 15 is 0 Å². The Morgan fingerprint density at radius 1 is 1.07 bits per heavy atom. The molecular weight excluding hydrogens is 432 g/mol. The highest BCUT2D eigenvalue weighted by atomic mass is 32.2. The maximum Gasteiger partial charge on any atom is 0.262 e. The number of nitrogens with zero attached hydrogens (tertiary/aromatic N) is 1. The number of sulfonamides is 2. The van der Waals surface area contributed by atoms with E-state index in [0.29, 0.717) is 36.0 Å². The van der Waals surface area contributed by atoms with Gasteiger partial charge in [0, 0.05) is 6.07 Å². The number of hydrogen-bond acceptors (Lipinski definition) is 7. The average Bonchev–Trinajstić information content (AvgIpc) is 2.87. The van der Waals surface area contributed by atoms with Crippen LogP contribution >= 0.6 is 0 Å². The number of hydrogen-bond donors (Lipinski definition) is 1. The molecule has 1 atom stereocenters. The predicted octanol–water partition coefficient (Wildman–Crippen LogP) is 1.88. The molecule has 1 fully saturated rings. The summed E-state index contributed by atoms with van der Waals surface area (Å²) in [7, 11) is -7.73. The number of rotatable bonds is 4. The molecule has 0 aromatic heterocycles. The zero-order valence-corrected chi connectivity index (χ0v) is 17.9. The number of anilines is 2. The molecule has 160 valence electrons. The molecule has 1 N–H and O–H groups in total. The lowest BCUT2D eigenvalue weighted by Gasteiger charge is -2.20. The third-order valence-corrected chi connectivity index (χ3v) is 8.25. The van der Waals surface area contributed by atoms with Gasteiger partial charge in [-0.25, -0.2) is 21.1 Å². The number of benzene rings is 2. The molecule has 0 aliphatic carbocycles. The maximum atomic E-state index is 12.9. The number of aryl methyl sites for hydroxylation is 1. The second-order valence-corrected chi connectivity index (χ2v) is 10.7. The lowest BCUT2D eigenvalue weighted by molar-refractivity contribution is -0.119. The number of carbonyl (C=O) groups is 1. The Bertz CT molecular complexity index is 1240. The summed E-state index contributed by atoms with van der Waals surface area (Å²) >= 11 is 0. The minimum atomic E-state index is -3.96. The van der Waals surface area contributed by atoms with Gasteiger partial charge in [-0.05, 0) is 42.8 Å². The van der Waals surface area contributed by atoms with Crippen molar-refractivity contribution in [1.82, 2.24) is 0 Å². The van der Waals surface area contributed by atoms with Crippen molar-refractivity contribution in [2.75, 3.05) is 28.0 Å². The fourth-order valence-corrected chi connectivity index (χ4v) is 6.55. The molecule has 0 spiro atoms. The first kappa shape index (κ1) is 20.5. The molecule has 1 amide bonds. The number of amides is 1. The molecule has 0 saturated carbocycles. The molecule has 2 aliphatic rings. The fraction of sp³-hybridized carbons (Fsp3) is 0.316. The Kier molecular flexibility index (Phi) is 4.89. The van der Waals surface area contributed by atoms with Gasteiger partial charge < -0.3 is 9.47 Å². The summed E-state index contributed by atoms with van der Waals surface area (Å²) in [4.78, 5) is 12.2. The SMILES string of the molecule is Cc1cc(N2C(=O)[C@@H](C)CS2(=O)=O)ccc1S(=O)(=O)Nc1ccc2c(c1)OCCO2. The first-order valence-corrected chi connectivity index (χ1v) is 12.3. The maximum absolute atomic E-state index is 12.9. The summed E-state index contributed by atoms with van der Waals surface area (Å²) in [5, 5.41) is 0. The van der Waals surface area contributed by atoms with Gasteiger partial charge in [-0.3, -0.25) is 9.52 Å². The fourth-order valence-electron chi connectivity index (χ4n) is 3.47. The third-order valence-electron chi connectivity index (χ3n) is 4.84. The van der Waals surface area contributed by atoms with Gasteiger partial charge in [0.1, 0.15) is 13.2 Å². The lowest BCUT2D eigenvalue weighted by atomic mass is 10.2. The molecule has 2 aromatic carbocycles. The van der Waals surface area contributed by atoms with Crippen molar-refractivity contribution in [1.29, 1.82) is 0 Å². The standard InChI is InChI=1S/C19H20N2O7S2/c1-12-9-15(21-19(22)13(2)11-29(21,23)24)4-6-18(12)30(25,26)20-14-3-5-16-17(10-14)28-8-7-27-16/h3-6,9-10,13,20H,7-8,11H2,1-2H3/t13-/m0/s1. The molecule has 0 radical (unpaired) electrons. The van der Waals surface area contributed by atoms with Gasteiger partial charge in [0.25, 0.3) is 10.0 Å². The molecule has 2 aliphatic heterocycles. The Hall–Kier alpha value is -2.79. The van der Waals surface area contributed by atoms with Gasteiger partial charge in [0.05, 0.1) is 27.9 Å². The summed E-state index contributed by atoms with van der Waals surface area (Å²) < 4.78 is 64.5. The van der Waals surface area contributed by atoms with Crippen molar-refractivity contribution in [3.05, 3.63) is 42.0 Å². The summed E-state index contributed by atoms with van der Waals surface area (Å²) in [5.41, 5.74) is 0.731. The minimum absolute atomic E-state index is 0.0294. The van der Waals surface area contributed by atoms with Crippen LogP contribution in [0.5, 0.6) is 11.5 Å². The summed E-state index contributed by atoms with van der Waals surface area (Å²) in [6.07, 6.45) is 0. The van der Waals surface area contributed by atoms with Crippen LogP contribution in [0, 0.1) is 12.8 Å². The molecule has 2 aromatic rings. The van der Waals surface area contributed by atoms with E-state index in [-0.39, 0.29) is 16.3 Å². The number of ether oxygens (including phenoxy) is 2. The van der Waals surface area contributed by atoms with Crippen LogP contribution in [0.1, 0.15) is 12.5 Å². The topological polar surface area (TPSA) is 119 Å². The van der Waals surface area contributed by atoms with Gasteiger partial charge in [-0.15, -0.1) is 0 Å². The molecule has 1 saturated heterocycles. The van der Waals surface area contributed by atoms with Crippen molar-refractivity contribution in [3.63, 3.8) is 0 Å². The van der Waals surface area contributed by atoms with Crippen LogP contribution in [-0.2, 0) is 24.8 Å². The van der Waals surface area contributed by atoms with E-state index in [2.05, 4.69) is 4.72 Å². The van der Waals surface area contributed by atoms with Gasteiger partial charge in [-0.1, -0.05) is 6.92 Å². The van der Waals surface area contributed by atoms with Gasteiger partial charge >= 0.3 is 0 Å². The lowest BCUT2D eigenvalue weighted by Crippen LogP contribution is -2.30. The predicted molar refractivity (Wildman–Crippen MR) is 110 cm³/mol. The first-order chi connectivity index (χ1) is 14.1. The second kappa shape index (κ2) is 7.17. The van der Waals surface area contributed by atoms with Crippen LogP contribution in [0.4, 0.5) is 11.4 Å². The number of fused-ring (bicyclic) bond motifs is 1. The molecule has 2 heterocycles. The van der Waals surface area contributed by atoms with Crippen molar-refractivity contribution >= 4 is 37.3 Å². The zero-order valence-electron chi connectivity index (χ0n) is 16.3. The zero-order chi connectivity index (χ0) is 21.7. The minimum Gasteiger partial charge on any atom is -0.486 e. The van der Waals surface area contributed by atoms with Crippen LogP contribution in [0.25, 0.3) is 0 Å². The third kappa shape index (κ3) is 3.58. The monoisotopic (exact) mass is 452 g/mol. The molecule has 0 unspecified atom stereocenters. The first-order valence-electron chi connectivity index (χ1n) is 9.18. The summed E-state index contributed by atoms with van der Waals surface area (Å²) in [6, 6.07) is 8.70. The average molecular weight is 453 g/mol. The van der Waals surface area contributed by atoms with Crippen molar-refractivity contribution in [2.45, 2.75) is 18.7 Å². The normalized spacial score (nSPS) is 20.3. The van der Waals surface area contributed by atoms with E-state index in [1.807, 2.05) is 0 Å². The molecular formula is C19H20N2O7S2. The van der Waals surface area contributed by atoms with Gasteiger partial charge in [0.2, 0.25) is 15.9 Å². The molecule has 11 heteroatoms. The van der Waals surface area contributed by atoms with Crippen molar-refractivity contribution < 1.29 is 31.1 Å². The highest BCUT2D eigenvalue weighted by Crippen LogP contribution is 2.34. The van der Waals surface area contributed by atoms with E-state index in [1.165, 1.54) is 24.3 Å². The van der Waals surface area contributed by atoms with E-state index in [4.69, 9.17) is 9.47 Å². The smallest absolute Gasteiger partial charge is 0.262 e. The Morgan fingerprint density at radius 3 is 2.40 bits per heavy atom. The van der Waals surface area contributed by atoms with E-state index in [0.717, 1.165) is 4.31 Å². The quantitative estimate of drug-likeness (QED) is 0.752. The van der Waals surface area contributed by atoms with Crippen LogP contribution in [0.15, 0.2) is 41.3 Å². The second-order valence-electron chi connectivity index (χ2n) is 7.20. The van der Waals surface area contributed by atoms with Crippen LogP contribution < -0.4 is 18.5 Å². The van der Waals surface area contributed by atoms with Gasteiger partial charge in [0.15, 0.2) is 11.5 Å². The Morgan fingerprint density at radius 2 is 1.77 bits per heavy atom. The van der Waals surface area contributed by atoms with Gasteiger partial charge in [-0.2, -0.15) is 0 Å². The molecule has 9 nitrogen and oxygen atoms in total. The molecule has 0 bridgehead atoms. The van der Waals surface area contributed by atoms with E-state index in [9.17, 15) is 21.6 Å². The van der Waals surface area contributed by atoms with Crippen LogP contribution in [0.3, 0.4) is 0 Å². The van der Waals surface area contributed by atoms with E-state index < -0.39 is 31.9 Å². The number of nitrogens with one attached hydrogen (secondary N) is 1. The van der Waals surface area contributed by atoms with Crippen LogP contribution in [0.2, 0.25) is 0 Å². The van der Waals surface area contributed by atoms with Crippen molar-refractivity contribution in [2.24, 2.45) is 5.92 Å². The summed E-state index contributed by atoms with van der Waals surface area (Å²) in [6.45, 7) is 3.89.